The predicted molar refractivity (Wildman–Crippen MR) is 114 cm³/mol. The number of nitrogens with one attached hydrogen (secondary N) is 2. The van der Waals surface area contributed by atoms with Gasteiger partial charge in [-0.15, -0.1) is 0 Å². The lowest BCUT2D eigenvalue weighted by molar-refractivity contribution is -0.116. The molecule has 0 saturated heterocycles. The Bertz CT molecular complexity index is 1150. The molecular weight excluding hydrogens is 416 g/mol. The van der Waals surface area contributed by atoms with Crippen LogP contribution in [0.3, 0.4) is 0 Å². The molecule has 0 aliphatic carbocycles. The van der Waals surface area contributed by atoms with Gasteiger partial charge in [0.05, 0.1) is 0 Å². The summed E-state index contributed by atoms with van der Waals surface area (Å²) in [5.74, 6) is -0.797. The maximum absolute atomic E-state index is 12.4. The number of carbonyl (C=O) groups excluding carboxylic acids is 2. The lowest BCUT2D eigenvalue weighted by Crippen LogP contribution is -2.27. The lowest BCUT2D eigenvalue weighted by atomic mass is 10.1. The maximum Gasteiger partial charge on any atom is 0.354 e. The van der Waals surface area contributed by atoms with Gasteiger partial charge in [0.25, 0.3) is 5.91 Å². The highest BCUT2D eigenvalue weighted by molar-refractivity contribution is 5.97. The van der Waals surface area contributed by atoms with Gasteiger partial charge >= 0.3 is 5.97 Å². The van der Waals surface area contributed by atoms with Gasteiger partial charge in [0, 0.05) is 43.6 Å². The van der Waals surface area contributed by atoms with Crippen molar-refractivity contribution in [1.82, 2.24) is 25.2 Å². The Kier molecular flexibility index (Phi) is 6.98. The van der Waals surface area contributed by atoms with E-state index in [9.17, 15) is 19.5 Å². The molecule has 11 nitrogen and oxygen atoms in total. The third kappa shape index (κ3) is 5.17. The van der Waals surface area contributed by atoms with Crippen LogP contribution in [0.5, 0.6) is 0 Å². The maximum atomic E-state index is 12.4. The van der Waals surface area contributed by atoms with Gasteiger partial charge in [-0.05, 0) is 18.6 Å². The number of benzene rings is 1. The molecule has 32 heavy (non-hydrogen) atoms. The van der Waals surface area contributed by atoms with E-state index >= 15 is 0 Å². The zero-order valence-electron chi connectivity index (χ0n) is 18.0. The summed E-state index contributed by atoms with van der Waals surface area (Å²) in [6, 6.07) is 6.75. The summed E-state index contributed by atoms with van der Waals surface area (Å²) >= 11 is 0. The Balaban J connectivity index is 1.58. The predicted octanol–water partition coefficient (Wildman–Crippen LogP) is 2.19. The van der Waals surface area contributed by atoms with Crippen molar-refractivity contribution in [2.45, 2.75) is 33.1 Å². The quantitative estimate of drug-likeness (QED) is 0.458. The van der Waals surface area contributed by atoms with Gasteiger partial charge in [-0.3, -0.25) is 14.3 Å². The van der Waals surface area contributed by atoms with E-state index in [0.717, 1.165) is 0 Å². The molecule has 3 aromatic rings. The first-order valence-corrected chi connectivity index (χ1v) is 10.1. The Morgan fingerprint density at radius 1 is 1.25 bits per heavy atom. The van der Waals surface area contributed by atoms with Crippen LogP contribution >= 0.6 is 0 Å². The van der Waals surface area contributed by atoms with Crippen LogP contribution in [0.2, 0.25) is 0 Å². The van der Waals surface area contributed by atoms with Crippen molar-refractivity contribution in [1.29, 1.82) is 0 Å². The molecule has 0 spiro atoms. The van der Waals surface area contributed by atoms with Gasteiger partial charge in [0.2, 0.25) is 17.6 Å². The summed E-state index contributed by atoms with van der Waals surface area (Å²) in [6.07, 6.45) is 1.17. The first-order valence-electron chi connectivity index (χ1n) is 10.1. The highest BCUT2D eigenvalue weighted by Crippen LogP contribution is 2.21. The van der Waals surface area contributed by atoms with Crippen molar-refractivity contribution in [3.8, 4) is 11.4 Å². The summed E-state index contributed by atoms with van der Waals surface area (Å²) in [4.78, 5) is 40.4. The zero-order chi connectivity index (χ0) is 23.3. The fourth-order valence-electron chi connectivity index (χ4n) is 3.22. The van der Waals surface area contributed by atoms with Crippen LogP contribution in [0.15, 0.2) is 28.8 Å². The molecule has 0 fully saturated rings. The number of aromatic nitrogens is 4. The molecule has 168 valence electrons. The van der Waals surface area contributed by atoms with Crippen molar-refractivity contribution in [3.63, 3.8) is 0 Å². The van der Waals surface area contributed by atoms with E-state index in [1.807, 2.05) is 6.92 Å². The SMILES string of the molecule is CCCc1c(NC(=O)CCNC(=O)c2cccc(-c3noc(C)n3)c2)nn(C)c1C(=O)O. The minimum Gasteiger partial charge on any atom is -0.477 e. The summed E-state index contributed by atoms with van der Waals surface area (Å²) in [5.41, 5.74) is 1.56. The minimum atomic E-state index is -1.10. The first-order chi connectivity index (χ1) is 15.3. The highest BCUT2D eigenvalue weighted by atomic mass is 16.5. The summed E-state index contributed by atoms with van der Waals surface area (Å²) in [5, 5.41) is 22.7. The molecule has 0 bridgehead atoms. The van der Waals surface area contributed by atoms with Crippen molar-refractivity contribution in [3.05, 3.63) is 47.0 Å². The van der Waals surface area contributed by atoms with Crippen LogP contribution in [-0.4, -0.2) is 49.4 Å². The number of anilines is 1. The number of carbonyl (C=O) groups is 3. The molecule has 1 aromatic carbocycles. The summed E-state index contributed by atoms with van der Waals surface area (Å²) < 4.78 is 6.20. The Hall–Kier alpha value is -4.02. The van der Waals surface area contributed by atoms with Gasteiger partial charge in [-0.1, -0.05) is 30.6 Å². The van der Waals surface area contributed by atoms with E-state index in [1.54, 1.807) is 31.2 Å². The summed E-state index contributed by atoms with van der Waals surface area (Å²) in [7, 11) is 1.52. The van der Waals surface area contributed by atoms with Gasteiger partial charge in [-0.2, -0.15) is 10.1 Å². The second-order valence-corrected chi connectivity index (χ2v) is 7.13. The molecular formula is C21H24N6O5. The lowest BCUT2D eigenvalue weighted by Gasteiger charge is -2.07. The number of nitrogens with zero attached hydrogens (tertiary/aromatic N) is 4. The van der Waals surface area contributed by atoms with Crippen LogP contribution in [0.25, 0.3) is 11.4 Å². The number of hydrogen-bond donors (Lipinski definition) is 3. The number of rotatable bonds is 9. The Morgan fingerprint density at radius 2 is 2.03 bits per heavy atom. The standard InChI is InChI=1S/C21H24N6O5/c1-4-6-15-17(21(30)31)27(3)25-19(15)24-16(28)9-10-22-20(29)14-8-5-7-13(11-14)18-23-12(2)32-26-18/h5,7-8,11H,4,6,9-10H2,1-3H3,(H,22,29)(H,30,31)(H,24,25,28). The molecule has 0 aliphatic rings. The molecule has 11 heteroatoms. The smallest absolute Gasteiger partial charge is 0.354 e. The highest BCUT2D eigenvalue weighted by Gasteiger charge is 2.22. The van der Waals surface area contributed by atoms with Crippen molar-refractivity contribution in [2.75, 3.05) is 11.9 Å². The van der Waals surface area contributed by atoms with E-state index < -0.39 is 5.97 Å². The molecule has 0 saturated carbocycles. The average molecular weight is 440 g/mol. The molecule has 0 aliphatic heterocycles. The van der Waals surface area contributed by atoms with Crippen LogP contribution in [0, 0.1) is 6.92 Å². The molecule has 3 rings (SSSR count). The van der Waals surface area contributed by atoms with E-state index in [0.29, 0.717) is 41.2 Å². The van der Waals surface area contributed by atoms with E-state index in [-0.39, 0.29) is 36.3 Å². The first kappa shape index (κ1) is 22.7. The van der Waals surface area contributed by atoms with Crippen molar-refractivity contribution < 1.29 is 24.0 Å². The summed E-state index contributed by atoms with van der Waals surface area (Å²) in [6.45, 7) is 3.68. The topological polar surface area (TPSA) is 152 Å². The molecule has 2 aromatic heterocycles. The molecule has 0 atom stereocenters. The number of carboxylic acids is 1. The number of hydrogen-bond acceptors (Lipinski definition) is 7. The van der Waals surface area contributed by atoms with E-state index in [2.05, 4.69) is 25.9 Å². The molecule has 0 unspecified atom stereocenters. The Morgan fingerprint density at radius 3 is 2.69 bits per heavy atom. The van der Waals surface area contributed by atoms with E-state index in [1.165, 1.54) is 11.7 Å². The second kappa shape index (κ2) is 9.86. The molecule has 2 amide bonds. The van der Waals surface area contributed by atoms with Gasteiger partial charge in [0.1, 0.15) is 0 Å². The molecule has 0 radical (unpaired) electrons. The third-order valence-electron chi connectivity index (χ3n) is 4.65. The fourth-order valence-corrected chi connectivity index (χ4v) is 3.22. The largest absolute Gasteiger partial charge is 0.477 e. The second-order valence-electron chi connectivity index (χ2n) is 7.13. The third-order valence-corrected chi connectivity index (χ3v) is 4.65. The Labute approximate surface area is 183 Å². The van der Waals surface area contributed by atoms with Crippen LogP contribution in [0.1, 0.15) is 52.1 Å². The van der Waals surface area contributed by atoms with Crippen molar-refractivity contribution >= 4 is 23.6 Å². The van der Waals surface area contributed by atoms with Crippen LogP contribution in [-0.2, 0) is 18.3 Å². The van der Waals surface area contributed by atoms with Crippen molar-refractivity contribution in [2.24, 2.45) is 7.05 Å². The molecule has 3 N–H and O–H groups in total. The van der Waals surface area contributed by atoms with Gasteiger partial charge in [0.15, 0.2) is 11.5 Å². The fraction of sp³-hybridized carbons (Fsp3) is 0.333. The number of aromatic carboxylic acids is 1. The minimum absolute atomic E-state index is 0.0000111. The number of aryl methyl sites for hydroxylation is 2. The number of carboxylic acid groups (broad SMARTS) is 1. The van der Waals surface area contributed by atoms with Gasteiger partial charge in [-0.25, -0.2) is 4.79 Å². The van der Waals surface area contributed by atoms with Crippen LogP contribution in [0.4, 0.5) is 5.82 Å². The van der Waals surface area contributed by atoms with E-state index in [4.69, 9.17) is 4.52 Å². The monoisotopic (exact) mass is 440 g/mol. The number of amides is 2. The average Bonchev–Trinajstić information content (AvgIpc) is 3.31. The van der Waals surface area contributed by atoms with Crippen LogP contribution < -0.4 is 10.6 Å². The normalized spacial score (nSPS) is 10.7. The van der Waals surface area contributed by atoms with Gasteiger partial charge < -0.3 is 20.3 Å². The molecule has 2 heterocycles. The zero-order valence-corrected chi connectivity index (χ0v) is 18.0.